The molecule has 1 saturated heterocycles. The van der Waals surface area contributed by atoms with Gasteiger partial charge in [-0.05, 0) is 67.3 Å². The van der Waals surface area contributed by atoms with Crippen LogP contribution in [0.3, 0.4) is 0 Å². The van der Waals surface area contributed by atoms with E-state index in [1.54, 1.807) is 12.1 Å². The molecule has 0 spiro atoms. The molecule has 1 fully saturated rings. The number of carbonyl (C=O) groups is 1. The minimum Gasteiger partial charge on any atom is -0.507 e. The van der Waals surface area contributed by atoms with Crippen molar-refractivity contribution in [3.8, 4) is 11.5 Å². The number of piperidine rings is 1. The van der Waals surface area contributed by atoms with E-state index < -0.39 is 0 Å². The Balaban J connectivity index is 1.46. The van der Waals surface area contributed by atoms with Crippen LogP contribution in [0.15, 0.2) is 54.3 Å². The van der Waals surface area contributed by atoms with Gasteiger partial charge < -0.3 is 9.84 Å². The number of benzene rings is 2. The number of hydrogen-bond donors (Lipinski definition) is 1. The Morgan fingerprint density at radius 3 is 2.71 bits per heavy atom. The van der Waals surface area contributed by atoms with E-state index in [0.717, 1.165) is 36.2 Å². The zero-order chi connectivity index (χ0) is 19.1. The largest absolute Gasteiger partial charge is 0.507 e. The van der Waals surface area contributed by atoms with Crippen molar-refractivity contribution in [1.29, 1.82) is 0 Å². The van der Waals surface area contributed by atoms with E-state index in [9.17, 15) is 9.90 Å². The molecule has 2 aromatic rings. The first-order chi connectivity index (χ1) is 13.7. The molecule has 5 rings (SSSR count). The van der Waals surface area contributed by atoms with Gasteiger partial charge in [-0.25, -0.2) is 0 Å². The minimum atomic E-state index is -0.111. The van der Waals surface area contributed by atoms with E-state index in [1.165, 1.54) is 24.8 Å². The maximum absolute atomic E-state index is 12.9. The standard InChI is InChI=1S/C24H23NO3/c26-21-11-10-19-23(27)22(14-17-9-8-16-6-2-3-7-18(16)17)28-24(19)20(21)15-25-12-4-1-5-13-25/h2-3,6-7,9-11,14,26H,1,4-5,8,12-13,15H2/b22-14-. The van der Waals surface area contributed by atoms with Gasteiger partial charge in [-0.2, -0.15) is 0 Å². The summed E-state index contributed by atoms with van der Waals surface area (Å²) in [5.41, 5.74) is 4.70. The highest BCUT2D eigenvalue weighted by atomic mass is 16.5. The topological polar surface area (TPSA) is 49.8 Å². The summed E-state index contributed by atoms with van der Waals surface area (Å²) in [6.07, 6.45) is 8.45. The molecular weight excluding hydrogens is 350 g/mol. The Morgan fingerprint density at radius 2 is 1.86 bits per heavy atom. The number of allylic oxidation sites excluding steroid dienone is 4. The number of phenolic OH excluding ortho intramolecular Hbond substituents is 1. The molecule has 2 aromatic carbocycles. The van der Waals surface area contributed by atoms with Gasteiger partial charge in [-0.1, -0.05) is 36.8 Å². The predicted molar refractivity (Wildman–Crippen MR) is 108 cm³/mol. The fourth-order valence-electron chi connectivity index (χ4n) is 4.38. The fourth-order valence-corrected chi connectivity index (χ4v) is 4.38. The van der Waals surface area contributed by atoms with Gasteiger partial charge in [-0.3, -0.25) is 9.69 Å². The second-order valence-corrected chi connectivity index (χ2v) is 7.74. The first-order valence-corrected chi connectivity index (χ1v) is 10.0. The molecule has 0 atom stereocenters. The number of hydrogen-bond acceptors (Lipinski definition) is 4. The highest BCUT2D eigenvalue weighted by molar-refractivity contribution is 6.14. The molecule has 0 radical (unpaired) electrons. The van der Waals surface area contributed by atoms with Gasteiger partial charge in [0.1, 0.15) is 11.5 Å². The summed E-state index contributed by atoms with van der Waals surface area (Å²) < 4.78 is 6.03. The predicted octanol–water partition coefficient (Wildman–Crippen LogP) is 4.48. The molecule has 3 aliphatic rings. The Kier molecular flexibility index (Phi) is 4.29. The minimum absolute atomic E-state index is 0.111. The number of rotatable bonds is 3. The normalized spacial score (nSPS) is 20.1. The van der Waals surface area contributed by atoms with Crippen LogP contribution in [0.5, 0.6) is 11.5 Å². The molecular formula is C24H23NO3. The van der Waals surface area contributed by atoms with Crippen molar-refractivity contribution in [3.05, 3.63) is 76.6 Å². The molecule has 0 amide bonds. The molecule has 4 nitrogen and oxygen atoms in total. The monoisotopic (exact) mass is 373 g/mol. The number of aromatic hydroxyl groups is 1. The lowest BCUT2D eigenvalue weighted by molar-refractivity contribution is 0.101. The van der Waals surface area contributed by atoms with Crippen LogP contribution < -0.4 is 4.74 Å². The van der Waals surface area contributed by atoms with Crippen LogP contribution in [0.1, 0.15) is 46.3 Å². The summed E-state index contributed by atoms with van der Waals surface area (Å²) in [6, 6.07) is 11.5. The van der Waals surface area contributed by atoms with Crippen molar-refractivity contribution in [1.82, 2.24) is 4.90 Å². The first-order valence-electron chi connectivity index (χ1n) is 10.0. The summed E-state index contributed by atoms with van der Waals surface area (Å²) >= 11 is 0. The number of carbonyl (C=O) groups excluding carboxylic acids is 1. The van der Waals surface area contributed by atoms with E-state index >= 15 is 0 Å². The van der Waals surface area contributed by atoms with E-state index in [0.29, 0.717) is 23.6 Å². The fraction of sp³-hybridized carbons (Fsp3) is 0.292. The summed E-state index contributed by atoms with van der Waals surface area (Å²) in [4.78, 5) is 15.3. The van der Waals surface area contributed by atoms with E-state index in [2.05, 4.69) is 23.1 Å². The van der Waals surface area contributed by atoms with Crippen LogP contribution in [0.2, 0.25) is 0 Å². The van der Waals surface area contributed by atoms with Gasteiger partial charge in [0.15, 0.2) is 5.76 Å². The summed E-state index contributed by atoms with van der Waals surface area (Å²) in [5, 5.41) is 10.4. The molecule has 2 heterocycles. The third kappa shape index (κ3) is 2.94. The Bertz CT molecular complexity index is 1010. The SMILES string of the molecule is O=C1/C(=C/C2=CCc3ccccc32)Oc2c1ccc(O)c2CN1CCCCC1. The highest BCUT2D eigenvalue weighted by Crippen LogP contribution is 2.41. The van der Waals surface area contributed by atoms with Gasteiger partial charge in [0.25, 0.3) is 0 Å². The molecule has 0 saturated carbocycles. The van der Waals surface area contributed by atoms with Crippen molar-refractivity contribution in [2.24, 2.45) is 0 Å². The van der Waals surface area contributed by atoms with Crippen molar-refractivity contribution in [3.63, 3.8) is 0 Å². The average molecular weight is 373 g/mol. The molecule has 0 aromatic heterocycles. The molecule has 0 bridgehead atoms. The highest BCUT2D eigenvalue weighted by Gasteiger charge is 2.32. The van der Waals surface area contributed by atoms with Crippen molar-refractivity contribution < 1.29 is 14.6 Å². The first kappa shape index (κ1) is 17.3. The molecule has 4 heteroatoms. The maximum atomic E-state index is 12.9. The molecule has 1 N–H and O–H groups in total. The second kappa shape index (κ2) is 6.95. The quantitative estimate of drug-likeness (QED) is 0.806. The molecule has 2 aliphatic heterocycles. The van der Waals surface area contributed by atoms with E-state index in [1.807, 2.05) is 18.2 Å². The number of ketones is 1. The number of phenols is 1. The average Bonchev–Trinajstić information content (AvgIpc) is 3.27. The molecule has 0 unspecified atom stereocenters. The van der Waals surface area contributed by atoms with Crippen LogP contribution in [-0.2, 0) is 13.0 Å². The third-order valence-corrected chi connectivity index (χ3v) is 5.90. The van der Waals surface area contributed by atoms with Crippen LogP contribution in [0.4, 0.5) is 0 Å². The smallest absolute Gasteiger partial charge is 0.231 e. The van der Waals surface area contributed by atoms with Crippen molar-refractivity contribution in [2.75, 3.05) is 13.1 Å². The van der Waals surface area contributed by atoms with Gasteiger partial charge >= 0.3 is 0 Å². The van der Waals surface area contributed by atoms with Gasteiger partial charge in [-0.15, -0.1) is 0 Å². The van der Waals surface area contributed by atoms with E-state index in [-0.39, 0.29) is 11.5 Å². The summed E-state index contributed by atoms with van der Waals surface area (Å²) in [7, 11) is 0. The van der Waals surface area contributed by atoms with Gasteiger partial charge in [0.05, 0.1) is 11.1 Å². The zero-order valence-electron chi connectivity index (χ0n) is 15.8. The number of Topliss-reactive ketones (excluding diaryl/α,β-unsaturated/α-hetero) is 1. The lowest BCUT2D eigenvalue weighted by Crippen LogP contribution is -2.29. The molecule has 142 valence electrons. The Morgan fingerprint density at radius 1 is 1.04 bits per heavy atom. The van der Waals surface area contributed by atoms with Gasteiger partial charge in [0, 0.05) is 6.54 Å². The van der Waals surface area contributed by atoms with Crippen LogP contribution in [0, 0.1) is 0 Å². The van der Waals surface area contributed by atoms with Crippen LogP contribution >= 0.6 is 0 Å². The number of likely N-dealkylation sites (tertiary alicyclic amines) is 1. The lowest BCUT2D eigenvalue weighted by Gasteiger charge is -2.27. The van der Waals surface area contributed by atoms with Crippen LogP contribution in [0.25, 0.3) is 5.57 Å². The second-order valence-electron chi connectivity index (χ2n) is 7.74. The van der Waals surface area contributed by atoms with Crippen molar-refractivity contribution in [2.45, 2.75) is 32.2 Å². The van der Waals surface area contributed by atoms with Crippen LogP contribution in [-0.4, -0.2) is 28.9 Å². The number of nitrogens with zero attached hydrogens (tertiary/aromatic N) is 1. The maximum Gasteiger partial charge on any atom is 0.231 e. The third-order valence-electron chi connectivity index (χ3n) is 5.90. The van der Waals surface area contributed by atoms with Crippen molar-refractivity contribution >= 4 is 11.4 Å². The summed E-state index contributed by atoms with van der Waals surface area (Å²) in [5.74, 6) is 0.945. The molecule has 1 aliphatic carbocycles. The van der Waals surface area contributed by atoms with Gasteiger partial charge in [0.2, 0.25) is 5.78 Å². The Labute approximate surface area is 164 Å². The zero-order valence-corrected chi connectivity index (χ0v) is 15.8. The summed E-state index contributed by atoms with van der Waals surface area (Å²) in [6.45, 7) is 2.65. The number of ether oxygens (including phenoxy) is 1. The number of fused-ring (bicyclic) bond motifs is 2. The molecule has 28 heavy (non-hydrogen) atoms. The van der Waals surface area contributed by atoms with E-state index in [4.69, 9.17) is 4.74 Å². The Hall–Kier alpha value is -2.85. The lowest BCUT2D eigenvalue weighted by atomic mass is 10.0.